The molecule has 0 aliphatic heterocycles. The molecule has 0 saturated carbocycles. The van der Waals surface area contributed by atoms with Gasteiger partial charge in [0.25, 0.3) is 0 Å². The highest BCUT2D eigenvalue weighted by Gasteiger charge is 2.13. The summed E-state index contributed by atoms with van der Waals surface area (Å²) in [5.74, 6) is 0.501. The predicted molar refractivity (Wildman–Crippen MR) is 89.2 cm³/mol. The first kappa shape index (κ1) is 16.1. The van der Waals surface area contributed by atoms with Gasteiger partial charge >= 0.3 is 0 Å². The minimum atomic E-state index is -0.234. The van der Waals surface area contributed by atoms with Crippen molar-refractivity contribution in [2.24, 2.45) is 5.73 Å². The number of hydrogen-bond donors (Lipinski definition) is 1. The van der Waals surface area contributed by atoms with Gasteiger partial charge in [-0.1, -0.05) is 45.0 Å². The van der Waals surface area contributed by atoms with E-state index >= 15 is 0 Å². The van der Waals surface area contributed by atoms with Crippen molar-refractivity contribution in [2.45, 2.75) is 37.1 Å². The highest BCUT2D eigenvalue weighted by atomic mass is 32.2. The Morgan fingerprint density at radius 2 is 1.76 bits per heavy atom. The molecule has 1 atom stereocenters. The van der Waals surface area contributed by atoms with Crippen LogP contribution < -0.4 is 5.73 Å². The van der Waals surface area contributed by atoms with Crippen LogP contribution in [-0.2, 0) is 5.41 Å². The molecular weight excluding hydrogens is 281 g/mol. The van der Waals surface area contributed by atoms with Crippen LogP contribution in [0.1, 0.15) is 37.9 Å². The highest BCUT2D eigenvalue weighted by Crippen LogP contribution is 2.27. The van der Waals surface area contributed by atoms with Gasteiger partial charge in [0, 0.05) is 16.7 Å². The average Bonchev–Trinajstić information content (AvgIpc) is 2.44. The van der Waals surface area contributed by atoms with Crippen molar-refractivity contribution < 1.29 is 4.39 Å². The zero-order valence-electron chi connectivity index (χ0n) is 12.8. The second-order valence-corrected chi connectivity index (χ2v) is 7.34. The van der Waals surface area contributed by atoms with Gasteiger partial charge in [-0.05, 0) is 40.8 Å². The molecule has 21 heavy (non-hydrogen) atoms. The molecule has 0 aromatic heterocycles. The Labute approximate surface area is 130 Å². The van der Waals surface area contributed by atoms with Crippen LogP contribution in [0.4, 0.5) is 4.39 Å². The molecule has 0 heterocycles. The summed E-state index contributed by atoms with van der Waals surface area (Å²) in [7, 11) is 0. The quantitative estimate of drug-likeness (QED) is 0.812. The third-order valence-electron chi connectivity index (χ3n) is 3.43. The van der Waals surface area contributed by atoms with Gasteiger partial charge in [-0.2, -0.15) is 0 Å². The van der Waals surface area contributed by atoms with Gasteiger partial charge in [-0.15, -0.1) is 11.8 Å². The van der Waals surface area contributed by atoms with E-state index in [1.54, 1.807) is 17.8 Å². The van der Waals surface area contributed by atoms with Crippen LogP contribution in [0, 0.1) is 5.82 Å². The summed E-state index contributed by atoms with van der Waals surface area (Å²) in [4.78, 5) is 1.19. The summed E-state index contributed by atoms with van der Waals surface area (Å²) in [6.07, 6.45) is 0. The summed E-state index contributed by atoms with van der Waals surface area (Å²) in [5, 5.41) is 0. The SMILES string of the molecule is CC(C)(C)c1ccc(SCC(N)c2cccc(F)c2)cc1. The number of hydrogen-bond acceptors (Lipinski definition) is 2. The van der Waals surface area contributed by atoms with E-state index in [-0.39, 0.29) is 17.3 Å². The minimum absolute atomic E-state index is 0.159. The first-order valence-electron chi connectivity index (χ1n) is 7.10. The molecule has 0 aliphatic carbocycles. The summed E-state index contributed by atoms with van der Waals surface area (Å²) in [6, 6.07) is 14.9. The van der Waals surface area contributed by atoms with E-state index in [1.165, 1.54) is 22.6 Å². The Kier molecular flexibility index (Phi) is 5.07. The molecule has 112 valence electrons. The first-order chi connectivity index (χ1) is 9.86. The van der Waals surface area contributed by atoms with Crippen molar-refractivity contribution in [3.8, 4) is 0 Å². The second kappa shape index (κ2) is 6.63. The summed E-state index contributed by atoms with van der Waals surface area (Å²) >= 11 is 1.70. The molecule has 0 fully saturated rings. The Hall–Kier alpha value is -1.32. The Morgan fingerprint density at radius 1 is 1.10 bits per heavy atom. The van der Waals surface area contributed by atoms with Crippen LogP contribution in [0.25, 0.3) is 0 Å². The maximum Gasteiger partial charge on any atom is 0.123 e. The molecule has 0 radical (unpaired) electrons. The molecule has 2 N–H and O–H groups in total. The normalized spacial score (nSPS) is 13.2. The zero-order valence-corrected chi connectivity index (χ0v) is 13.6. The number of rotatable bonds is 4. The Balaban J connectivity index is 1.97. The maximum atomic E-state index is 13.2. The number of thioether (sulfide) groups is 1. The second-order valence-electron chi connectivity index (χ2n) is 6.25. The van der Waals surface area contributed by atoms with Gasteiger partial charge in [0.1, 0.15) is 5.82 Å². The van der Waals surface area contributed by atoms with E-state index in [2.05, 4.69) is 45.0 Å². The molecule has 0 amide bonds. The predicted octanol–water partition coefficient (Wildman–Crippen LogP) is 4.92. The van der Waals surface area contributed by atoms with Gasteiger partial charge < -0.3 is 5.73 Å². The van der Waals surface area contributed by atoms with Crippen molar-refractivity contribution in [3.05, 3.63) is 65.5 Å². The summed E-state index contributed by atoms with van der Waals surface area (Å²) in [5.41, 5.74) is 8.45. The maximum absolute atomic E-state index is 13.2. The van der Waals surface area contributed by atoms with E-state index < -0.39 is 0 Å². The first-order valence-corrected chi connectivity index (χ1v) is 8.09. The third kappa shape index (κ3) is 4.58. The molecular formula is C18H22FNS. The molecule has 1 unspecified atom stereocenters. The molecule has 2 aromatic rings. The van der Waals surface area contributed by atoms with Crippen molar-refractivity contribution in [1.82, 2.24) is 0 Å². The lowest BCUT2D eigenvalue weighted by Crippen LogP contribution is -2.13. The molecule has 2 rings (SSSR count). The Morgan fingerprint density at radius 3 is 2.33 bits per heavy atom. The monoisotopic (exact) mass is 303 g/mol. The van der Waals surface area contributed by atoms with Crippen LogP contribution in [0.2, 0.25) is 0 Å². The average molecular weight is 303 g/mol. The van der Waals surface area contributed by atoms with E-state index in [4.69, 9.17) is 5.73 Å². The largest absolute Gasteiger partial charge is 0.323 e. The molecule has 3 heteroatoms. The van der Waals surface area contributed by atoms with Crippen molar-refractivity contribution in [2.75, 3.05) is 5.75 Å². The van der Waals surface area contributed by atoms with E-state index in [1.807, 2.05) is 6.07 Å². The van der Waals surface area contributed by atoms with Gasteiger partial charge in [0.2, 0.25) is 0 Å². The van der Waals surface area contributed by atoms with E-state index in [0.29, 0.717) is 0 Å². The molecule has 2 aromatic carbocycles. The zero-order chi connectivity index (χ0) is 15.5. The fraction of sp³-hybridized carbons (Fsp3) is 0.333. The van der Waals surface area contributed by atoms with Crippen LogP contribution in [0.5, 0.6) is 0 Å². The number of nitrogens with two attached hydrogens (primary N) is 1. The molecule has 0 saturated heterocycles. The molecule has 0 aliphatic rings. The van der Waals surface area contributed by atoms with Gasteiger partial charge in [-0.25, -0.2) is 4.39 Å². The lowest BCUT2D eigenvalue weighted by Gasteiger charge is -2.19. The van der Waals surface area contributed by atoms with Crippen molar-refractivity contribution in [3.63, 3.8) is 0 Å². The number of halogens is 1. The highest BCUT2D eigenvalue weighted by molar-refractivity contribution is 7.99. The molecule has 0 spiro atoms. The molecule has 0 bridgehead atoms. The van der Waals surface area contributed by atoms with E-state index in [0.717, 1.165) is 11.3 Å². The standard InChI is InChI=1S/C18H22FNS/c1-18(2,3)14-7-9-16(10-8-14)21-12-17(20)13-5-4-6-15(19)11-13/h4-11,17H,12,20H2,1-3H3. The summed E-state index contributed by atoms with van der Waals surface area (Å²) in [6.45, 7) is 6.61. The smallest absolute Gasteiger partial charge is 0.123 e. The lowest BCUT2D eigenvalue weighted by atomic mass is 9.87. The van der Waals surface area contributed by atoms with Crippen LogP contribution in [-0.4, -0.2) is 5.75 Å². The minimum Gasteiger partial charge on any atom is -0.323 e. The van der Waals surface area contributed by atoms with Gasteiger partial charge in [0.05, 0.1) is 0 Å². The summed E-state index contributed by atoms with van der Waals surface area (Å²) < 4.78 is 13.2. The third-order valence-corrected chi connectivity index (χ3v) is 4.56. The van der Waals surface area contributed by atoms with Crippen molar-refractivity contribution in [1.29, 1.82) is 0 Å². The topological polar surface area (TPSA) is 26.0 Å². The fourth-order valence-corrected chi connectivity index (χ4v) is 2.96. The van der Waals surface area contributed by atoms with Crippen LogP contribution in [0.3, 0.4) is 0 Å². The lowest BCUT2D eigenvalue weighted by molar-refractivity contribution is 0.590. The molecule has 1 nitrogen and oxygen atoms in total. The van der Waals surface area contributed by atoms with E-state index in [9.17, 15) is 4.39 Å². The van der Waals surface area contributed by atoms with Crippen molar-refractivity contribution >= 4 is 11.8 Å². The van der Waals surface area contributed by atoms with Crippen LogP contribution in [0.15, 0.2) is 53.4 Å². The number of benzene rings is 2. The van der Waals surface area contributed by atoms with Gasteiger partial charge in [0.15, 0.2) is 0 Å². The Bertz CT molecular complexity index is 587. The van der Waals surface area contributed by atoms with Gasteiger partial charge in [-0.3, -0.25) is 0 Å². The van der Waals surface area contributed by atoms with Crippen LogP contribution >= 0.6 is 11.8 Å². The fourth-order valence-electron chi connectivity index (χ4n) is 2.07.